The Morgan fingerprint density at radius 2 is 1.21 bits per heavy atom. The molecule has 0 aromatic heterocycles. The van der Waals surface area contributed by atoms with Crippen LogP contribution in [0.1, 0.15) is 16.7 Å². The van der Waals surface area contributed by atoms with E-state index in [-0.39, 0.29) is 10.6 Å². The van der Waals surface area contributed by atoms with Gasteiger partial charge in [0.25, 0.3) is 0 Å². The largest absolute Gasteiger partial charge is 0.477 e. The minimum Gasteiger partial charge on any atom is -0.477 e. The molecule has 33 heavy (non-hydrogen) atoms. The third-order valence-corrected chi connectivity index (χ3v) is 5.03. The van der Waals surface area contributed by atoms with Crippen molar-refractivity contribution < 1.29 is 19.8 Å². The van der Waals surface area contributed by atoms with E-state index in [0.29, 0.717) is 11.1 Å². The number of nitrogens with zero attached hydrogens (tertiary/aromatic N) is 2. The number of hydrogen-bond donors (Lipinski definition) is 2. The molecule has 3 rings (SSSR count). The normalized spacial score (nSPS) is 11.5. The SMILES string of the molecule is Cc1ccc(N(c2ccc(C=C(Cl)C(=O)O)cc2)c2ccc(C=C(C#N)C(=O)O)cc2)cc1. The molecule has 0 radical (unpaired) electrons. The summed E-state index contributed by atoms with van der Waals surface area (Å²) in [6, 6.07) is 24.0. The summed E-state index contributed by atoms with van der Waals surface area (Å²) >= 11 is 5.73. The lowest BCUT2D eigenvalue weighted by Crippen LogP contribution is -2.10. The Bertz CT molecular complexity index is 1270. The zero-order valence-corrected chi connectivity index (χ0v) is 18.3. The minimum atomic E-state index is -1.28. The van der Waals surface area contributed by atoms with Crippen LogP contribution in [0.5, 0.6) is 0 Å². The van der Waals surface area contributed by atoms with Crippen LogP contribution in [-0.2, 0) is 9.59 Å². The molecule has 0 bridgehead atoms. The molecule has 0 saturated heterocycles. The van der Waals surface area contributed by atoms with E-state index >= 15 is 0 Å². The molecule has 0 amide bonds. The van der Waals surface area contributed by atoms with E-state index in [4.69, 9.17) is 27.1 Å². The van der Waals surface area contributed by atoms with Crippen LogP contribution in [0.3, 0.4) is 0 Å². The zero-order chi connectivity index (χ0) is 24.0. The second-order valence-corrected chi connectivity index (χ2v) is 7.53. The summed E-state index contributed by atoms with van der Waals surface area (Å²) < 4.78 is 0. The number of carboxylic acid groups (broad SMARTS) is 2. The number of aryl methyl sites for hydroxylation is 1. The molecule has 0 fully saturated rings. The number of rotatable bonds is 7. The van der Waals surface area contributed by atoms with Crippen molar-refractivity contribution in [2.75, 3.05) is 4.90 Å². The molecule has 0 aliphatic carbocycles. The monoisotopic (exact) mass is 458 g/mol. The van der Waals surface area contributed by atoms with Gasteiger partial charge in [-0.3, -0.25) is 0 Å². The summed E-state index contributed by atoms with van der Waals surface area (Å²) in [6.45, 7) is 2.00. The van der Waals surface area contributed by atoms with Gasteiger partial charge in [0.1, 0.15) is 16.7 Å². The van der Waals surface area contributed by atoms with E-state index in [1.54, 1.807) is 30.3 Å². The number of anilines is 3. The standard InChI is InChI=1S/C26H19ClN2O4/c1-17-2-8-21(9-3-17)29(23-12-6-19(7-13-23)15-24(27)26(32)33)22-10-4-18(5-11-22)14-20(16-28)25(30)31/h2-15H,1H3,(H,30,31)(H,32,33). The summed E-state index contributed by atoms with van der Waals surface area (Å²) in [7, 11) is 0. The van der Waals surface area contributed by atoms with E-state index in [1.807, 2.05) is 60.4 Å². The van der Waals surface area contributed by atoms with Crippen LogP contribution in [0.2, 0.25) is 0 Å². The van der Waals surface area contributed by atoms with Gasteiger partial charge < -0.3 is 15.1 Å². The van der Waals surface area contributed by atoms with Crippen molar-refractivity contribution in [3.63, 3.8) is 0 Å². The smallest absolute Gasteiger partial charge is 0.347 e. The van der Waals surface area contributed by atoms with Crippen molar-refractivity contribution in [3.8, 4) is 6.07 Å². The lowest BCUT2D eigenvalue weighted by Gasteiger charge is -2.26. The molecule has 0 atom stereocenters. The zero-order valence-electron chi connectivity index (χ0n) is 17.6. The predicted octanol–water partition coefficient (Wildman–Crippen LogP) is 6.12. The van der Waals surface area contributed by atoms with Gasteiger partial charge >= 0.3 is 11.9 Å². The minimum absolute atomic E-state index is 0.278. The van der Waals surface area contributed by atoms with Gasteiger partial charge in [0.2, 0.25) is 0 Å². The first kappa shape index (κ1) is 23.3. The van der Waals surface area contributed by atoms with Gasteiger partial charge in [-0.1, -0.05) is 53.6 Å². The van der Waals surface area contributed by atoms with Gasteiger partial charge in [-0.2, -0.15) is 5.26 Å². The number of hydrogen-bond acceptors (Lipinski definition) is 4. The predicted molar refractivity (Wildman–Crippen MR) is 129 cm³/mol. The summed E-state index contributed by atoms with van der Waals surface area (Å²) in [5, 5.41) is 26.7. The topological polar surface area (TPSA) is 102 Å². The number of halogens is 1. The first-order valence-corrected chi connectivity index (χ1v) is 10.2. The second kappa shape index (κ2) is 10.3. The molecule has 0 heterocycles. The van der Waals surface area contributed by atoms with Crippen molar-refractivity contribution in [2.24, 2.45) is 0 Å². The lowest BCUT2D eigenvalue weighted by molar-refractivity contribution is -0.132. The van der Waals surface area contributed by atoms with Crippen molar-refractivity contribution in [2.45, 2.75) is 6.92 Å². The van der Waals surface area contributed by atoms with Gasteiger partial charge in [0, 0.05) is 17.1 Å². The quantitative estimate of drug-likeness (QED) is 0.326. The van der Waals surface area contributed by atoms with Crippen LogP contribution in [-0.4, -0.2) is 22.2 Å². The molecule has 7 heteroatoms. The van der Waals surface area contributed by atoms with Gasteiger partial charge in [0.05, 0.1) is 0 Å². The average Bonchev–Trinajstić information content (AvgIpc) is 2.80. The summed E-state index contributed by atoms with van der Waals surface area (Å²) in [5.74, 6) is -2.47. The maximum atomic E-state index is 11.1. The average molecular weight is 459 g/mol. The maximum Gasteiger partial charge on any atom is 0.347 e. The van der Waals surface area contributed by atoms with Crippen molar-refractivity contribution in [3.05, 3.63) is 100 Å². The molecule has 0 aliphatic heterocycles. The third kappa shape index (κ3) is 5.88. The highest BCUT2D eigenvalue weighted by atomic mass is 35.5. The molecule has 3 aromatic rings. The fraction of sp³-hybridized carbons (Fsp3) is 0.0385. The van der Waals surface area contributed by atoms with Gasteiger partial charge in [-0.25, -0.2) is 9.59 Å². The number of benzene rings is 3. The Kier molecular flexibility index (Phi) is 7.29. The number of carboxylic acids is 2. The van der Waals surface area contributed by atoms with Crippen molar-refractivity contribution in [1.82, 2.24) is 0 Å². The summed E-state index contributed by atoms with van der Waals surface area (Å²) in [4.78, 5) is 24.1. The Balaban J connectivity index is 2.02. The summed E-state index contributed by atoms with van der Waals surface area (Å²) in [5.41, 5.74) is 4.55. The first-order valence-electron chi connectivity index (χ1n) is 9.81. The molecule has 0 saturated carbocycles. The molecule has 164 valence electrons. The molecule has 2 N–H and O–H groups in total. The fourth-order valence-corrected chi connectivity index (χ4v) is 3.22. The highest BCUT2D eigenvalue weighted by Crippen LogP contribution is 2.35. The van der Waals surface area contributed by atoms with Crippen LogP contribution in [0.4, 0.5) is 17.1 Å². The Morgan fingerprint density at radius 3 is 1.61 bits per heavy atom. The number of aliphatic carboxylic acids is 2. The van der Waals surface area contributed by atoms with Gasteiger partial charge in [-0.15, -0.1) is 0 Å². The highest BCUT2D eigenvalue weighted by Gasteiger charge is 2.13. The van der Waals surface area contributed by atoms with Crippen LogP contribution < -0.4 is 4.90 Å². The number of carbonyl (C=O) groups is 2. The van der Waals surface area contributed by atoms with Crippen LogP contribution in [0, 0.1) is 18.3 Å². The fourth-order valence-electron chi connectivity index (χ4n) is 3.10. The molecule has 6 nitrogen and oxygen atoms in total. The van der Waals surface area contributed by atoms with E-state index in [9.17, 15) is 9.59 Å². The van der Waals surface area contributed by atoms with Crippen molar-refractivity contribution in [1.29, 1.82) is 5.26 Å². The van der Waals surface area contributed by atoms with E-state index in [2.05, 4.69) is 0 Å². The van der Waals surface area contributed by atoms with E-state index in [0.717, 1.165) is 22.6 Å². The van der Waals surface area contributed by atoms with E-state index < -0.39 is 11.9 Å². The van der Waals surface area contributed by atoms with Gasteiger partial charge in [0.15, 0.2) is 0 Å². The van der Waals surface area contributed by atoms with Crippen LogP contribution >= 0.6 is 11.6 Å². The second-order valence-electron chi connectivity index (χ2n) is 7.13. The Labute approximate surface area is 195 Å². The number of nitriles is 1. The molecular formula is C26H19ClN2O4. The van der Waals surface area contributed by atoms with Crippen LogP contribution in [0.15, 0.2) is 83.4 Å². The maximum absolute atomic E-state index is 11.1. The van der Waals surface area contributed by atoms with Crippen LogP contribution in [0.25, 0.3) is 12.2 Å². The summed E-state index contributed by atoms with van der Waals surface area (Å²) in [6.07, 6.45) is 2.69. The Morgan fingerprint density at radius 1 is 0.788 bits per heavy atom. The lowest BCUT2D eigenvalue weighted by atomic mass is 10.1. The molecular weight excluding hydrogens is 440 g/mol. The molecule has 0 aliphatic rings. The molecule has 0 spiro atoms. The highest BCUT2D eigenvalue weighted by molar-refractivity contribution is 6.42. The van der Waals surface area contributed by atoms with Gasteiger partial charge in [-0.05, 0) is 66.6 Å². The Hall–Kier alpha value is -4.34. The van der Waals surface area contributed by atoms with E-state index in [1.165, 1.54) is 12.2 Å². The molecule has 3 aromatic carbocycles. The third-order valence-electron chi connectivity index (χ3n) is 4.75. The first-order chi connectivity index (χ1) is 15.8. The molecule has 0 unspecified atom stereocenters. The van der Waals surface area contributed by atoms with Crippen molar-refractivity contribution >= 4 is 52.8 Å².